The highest BCUT2D eigenvalue weighted by Crippen LogP contribution is 2.76. The second-order valence-electron chi connectivity index (χ2n) is 6.50. The summed E-state index contributed by atoms with van der Waals surface area (Å²) in [6.07, 6.45) is 5.36. The van der Waals surface area contributed by atoms with Crippen LogP contribution in [0.1, 0.15) is 39.0 Å². The van der Waals surface area contributed by atoms with E-state index in [2.05, 4.69) is 6.92 Å². The lowest BCUT2D eigenvalue weighted by molar-refractivity contribution is -0.189. The van der Waals surface area contributed by atoms with Crippen molar-refractivity contribution in [1.29, 1.82) is 0 Å². The highest BCUT2D eigenvalue weighted by molar-refractivity contribution is 5.68. The zero-order valence-corrected chi connectivity index (χ0v) is 9.91. The van der Waals surface area contributed by atoms with Gasteiger partial charge in [-0.3, -0.25) is 4.79 Å². The van der Waals surface area contributed by atoms with Crippen LogP contribution in [-0.4, -0.2) is 17.6 Å². The second kappa shape index (κ2) is 3.00. The summed E-state index contributed by atoms with van der Waals surface area (Å²) in [5.41, 5.74) is 6.32. The number of carbonyl (C=O) groups is 1. The fourth-order valence-electron chi connectivity index (χ4n) is 5.65. The Kier molecular flexibility index (Phi) is 1.99. The maximum absolute atomic E-state index is 11.1. The van der Waals surface area contributed by atoms with Gasteiger partial charge in [-0.2, -0.15) is 0 Å². The van der Waals surface area contributed by atoms with Crippen molar-refractivity contribution in [3.8, 4) is 0 Å². The molecule has 0 unspecified atom stereocenters. The lowest BCUT2D eigenvalue weighted by Crippen LogP contribution is -2.64. The molecular weight excluding hydrogens is 202 g/mol. The highest BCUT2D eigenvalue weighted by Gasteiger charge is 2.72. The molecule has 3 rings (SSSR count). The number of nitrogens with two attached hydrogens (primary N) is 1. The Labute approximate surface area is 96.4 Å². The van der Waals surface area contributed by atoms with E-state index in [1.54, 1.807) is 0 Å². The minimum absolute atomic E-state index is 0.0637. The summed E-state index contributed by atoms with van der Waals surface area (Å²) in [4.78, 5) is 11.1. The van der Waals surface area contributed by atoms with Gasteiger partial charge in [-0.15, -0.1) is 0 Å². The maximum Gasteiger partial charge on any atom is 0.303 e. The third-order valence-electron chi connectivity index (χ3n) is 6.00. The van der Waals surface area contributed by atoms with E-state index in [0.29, 0.717) is 30.2 Å². The minimum atomic E-state index is -0.664. The predicted molar refractivity (Wildman–Crippen MR) is 60.8 cm³/mol. The molecule has 0 amide bonds. The lowest BCUT2D eigenvalue weighted by Gasteiger charge is -2.66. The molecule has 3 aliphatic carbocycles. The van der Waals surface area contributed by atoms with E-state index in [1.807, 2.05) is 0 Å². The van der Waals surface area contributed by atoms with Crippen LogP contribution in [0.4, 0.5) is 0 Å². The molecule has 0 saturated heterocycles. The topological polar surface area (TPSA) is 63.3 Å². The van der Waals surface area contributed by atoms with E-state index in [4.69, 9.17) is 10.8 Å². The third-order valence-corrected chi connectivity index (χ3v) is 6.00. The normalized spacial score (nSPS) is 53.5. The number of hydrogen-bond acceptors (Lipinski definition) is 2. The molecule has 0 radical (unpaired) electrons. The molecule has 3 nitrogen and oxygen atoms in total. The Bertz CT molecular complexity index is 333. The Balaban J connectivity index is 1.95. The lowest BCUT2D eigenvalue weighted by atomic mass is 9.38. The van der Waals surface area contributed by atoms with Crippen molar-refractivity contribution in [2.24, 2.45) is 34.3 Å². The molecule has 0 aromatic rings. The molecule has 3 aliphatic rings. The van der Waals surface area contributed by atoms with Crippen LogP contribution in [0.15, 0.2) is 0 Å². The van der Waals surface area contributed by atoms with Gasteiger partial charge in [0.1, 0.15) is 0 Å². The van der Waals surface area contributed by atoms with Gasteiger partial charge in [0.15, 0.2) is 0 Å². The van der Waals surface area contributed by atoms with Crippen LogP contribution in [0.3, 0.4) is 0 Å². The SMILES string of the molecule is C[C@]12C[C@H]3CC[C@@H]1[C@](CN)(CC(=O)O)[C@@H]2C3. The first-order chi connectivity index (χ1) is 7.53. The fraction of sp³-hybridized carbons (Fsp3) is 0.923. The van der Waals surface area contributed by atoms with Crippen molar-refractivity contribution < 1.29 is 9.90 Å². The zero-order chi connectivity index (χ0) is 11.6. The summed E-state index contributed by atoms with van der Waals surface area (Å²) >= 11 is 0. The van der Waals surface area contributed by atoms with Gasteiger partial charge < -0.3 is 10.8 Å². The molecule has 16 heavy (non-hydrogen) atoms. The monoisotopic (exact) mass is 223 g/mol. The van der Waals surface area contributed by atoms with Crippen molar-refractivity contribution in [2.45, 2.75) is 39.0 Å². The molecule has 0 aromatic carbocycles. The molecule has 0 spiro atoms. The van der Waals surface area contributed by atoms with Gasteiger partial charge in [0.2, 0.25) is 0 Å². The summed E-state index contributed by atoms with van der Waals surface area (Å²) in [5.74, 6) is 1.35. The van der Waals surface area contributed by atoms with Crippen LogP contribution in [-0.2, 0) is 4.79 Å². The van der Waals surface area contributed by atoms with Gasteiger partial charge in [0, 0.05) is 0 Å². The fourth-order valence-corrected chi connectivity index (χ4v) is 5.65. The molecule has 90 valence electrons. The number of hydrogen-bond donors (Lipinski definition) is 2. The van der Waals surface area contributed by atoms with Gasteiger partial charge in [-0.1, -0.05) is 13.3 Å². The molecule has 5 atom stereocenters. The average Bonchev–Trinajstić information content (AvgIpc) is 2.35. The molecule has 3 N–H and O–H groups in total. The number of fused-ring (bicyclic) bond motifs is 1. The van der Waals surface area contributed by atoms with E-state index in [1.165, 1.54) is 25.7 Å². The standard InChI is InChI=1S/C13H21NO2/c1-12-5-8-2-3-9(12)13(7-14,6-11(15)16)10(12)4-8/h8-10H,2-7,14H2,1H3,(H,15,16)/t8-,9-,10+,12-,13+/m0/s1. The van der Waals surface area contributed by atoms with E-state index in [9.17, 15) is 4.79 Å². The van der Waals surface area contributed by atoms with Crippen molar-refractivity contribution in [2.75, 3.05) is 6.54 Å². The van der Waals surface area contributed by atoms with Crippen LogP contribution in [0.25, 0.3) is 0 Å². The number of carboxylic acid groups (broad SMARTS) is 1. The molecule has 3 saturated carbocycles. The first kappa shape index (κ1) is 10.6. The summed E-state index contributed by atoms with van der Waals surface area (Å²) < 4.78 is 0. The van der Waals surface area contributed by atoms with Crippen LogP contribution < -0.4 is 5.73 Å². The van der Waals surface area contributed by atoms with Gasteiger partial charge in [0.25, 0.3) is 0 Å². The third kappa shape index (κ3) is 1.01. The summed E-state index contributed by atoms with van der Waals surface area (Å²) in [6.45, 7) is 2.94. The van der Waals surface area contributed by atoms with Crippen molar-refractivity contribution in [1.82, 2.24) is 0 Å². The zero-order valence-electron chi connectivity index (χ0n) is 9.91. The van der Waals surface area contributed by atoms with E-state index < -0.39 is 5.97 Å². The first-order valence-corrected chi connectivity index (χ1v) is 6.45. The maximum atomic E-state index is 11.1. The summed E-state index contributed by atoms with van der Waals surface area (Å²) in [6, 6.07) is 0. The summed E-state index contributed by atoms with van der Waals surface area (Å²) in [5, 5.41) is 9.12. The van der Waals surface area contributed by atoms with E-state index in [-0.39, 0.29) is 5.41 Å². The molecule has 0 aliphatic heterocycles. The van der Waals surface area contributed by atoms with Crippen molar-refractivity contribution in [3.63, 3.8) is 0 Å². The number of carboxylic acids is 1. The molecule has 2 bridgehead atoms. The van der Waals surface area contributed by atoms with E-state index in [0.717, 1.165) is 5.92 Å². The predicted octanol–water partition coefficient (Wildman–Crippen LogP) is 1.86. The van der Waals surface area contributed by atoms with Crippen molar-refractivity contribution in [3.05, 3.63) is 0 Å². The Hall–Kier alpha value is -0.570. The van der Waals surface area contributed by atoms with Gasteiger partial charge in [0.05, 0.1) is 6.42 Å². The van der Waals surface area contributed by atoms with Crippen LogP contribution in [0.2, 0.25) is 0 Å². The largest absolute Gasteiger partial charge is 0.481 e. The molecular formula is C13H21NO2. The smallest absolute Gasteiger partial charge is 0.303 e. The Morgan fingerprint density at radius 1 is 1.44 bits per heavy atom. The molecule has 0 aromatic heterocycles. The van der Waals surface area contributed by atoms with E-state index >= 15 is 0 Å². The first-order valence-electron chi connectivity index (χ1n) is 6.45. The quantitative estimate of drug-likeness (QED) is 0.767. The highest BCUT2D eigenvalue weighted by atomic mass is 16.4. The Morgan fingerprint density at radius 2 is 2.19 bits per heavy atom. The average molecular weight is 223 g/mol. The number of rotatable bonds is 3. The van der Waals surface area contributed by atoms with Gasteiger partial charge >= 0.3 is 5.97 Å². The van der Waals surface area contributed by atoms with Crippen LogP contribution in [0.5, 0.6) is 0 Å². The summed E-state index contributed by atoms with van der Waals surface area (Å²) in [7, 11) is 0. The molecule has 0 heterocycles. The Morgan fingerprint density at radius 3 is 2.81 bits per heavy atom. The second-order valence-corrected chi connectivity index (χ2v) is 6.50. The minimum Gasteiger partial charge on any atom is -0.481 e. The molecule has 3 fully saturated rings. The van der Waals surface area contributed by atoms with Gasteiger partial charge in [-0.05, 0) is 54.4 Å². The molecule has 3 heteroatoms. The van der Waals surface area contributed by atoms with Gasteiger partial charge in [-0.25, -0.2) is 0 Å². The van der Waals surface area contributed by atoms with Crippen LogP contribution >= 0.6 is 0 Å². The van der Waals surface area contributed by atoms with Crippen molar-refractivity contribution >= 4 is 5.97 Å². The number of aliphatic carboxylic acids is 1. The van der Waals surface area contributed by atoms with Crippen LogP contribution in [0, 0.1) is 28.6 Å².